The quantitative estimate of drug-likeness (QED) is 0.438. The molecule has 0 saturated carbocycles. The van der Waals surface area contributed by atoms with E-state index in [1.54, 1.807) is 39.0 Å². The number of ether oxygens (including phenoxy) is 1. The molecule has 0 fully saturated rings. The van der Waals surface area contributed by atoms with Crippen LogP contribution in [-0.4, -0.2) is 53.2 Å². The van der Waals surface area contributed by atoms with Crippen LogP contribution in [0.4, 0.5) is 10.5 Å². The lowest BCUT2D eigenvalue weighted by Crippen LogP contribution is -2.47. The van der Waals surface area contributed by atoms with E-state index in [0.717, 1.165) is 16.3 Å². The molecule has 0 aliphatic heterocycles. The minimum atomic E-state index is -1.03. The summed E-state index contributed by atoms with van der Waals surface area (Å²) < 4.78 is 5.20. The molecule has 3 aromatic rings. The lowest BCUT2D eigenvalue weighted by Gasteiger charge is -2.32. The normalized spacial score (nSPS) is 12.0. The van der Waals surface area contributed by atoms with Crippen molar-refractivity contribution in [2.24, 2.45) is 0 Å². The van der Waals surface area contributed by atoms with E-state index in [1.807, 2.05) is 55.5 Å². The summed E-state index contributed by atoms with van der Waals surface area (Å²) in [5, 5.41) is 17.1. The number of aliphatic hydroxyl groups excluding tert-OH is 1. The van der Waals surface area contributed by atoms with E-state index in [-0.39, 0.29) is 19.7 Å². The molecule has 0 aliphatic rings. The molecule has 0 aliphatic carbocycles. The molecular weight excluding hydrogens is 458 g/mol. The lowest BCUT2D eigenvalue weighted by molar-refractivity contribution is -0.138. The largest absolute Gasteiger partial charge is 0.444 e. The maximum atomic E-state index is 13.6. The van der Waals surface area contributed by atoms with E-state index in [9.17, 15) is 19.5 Å². The number of fused-ring (bicyclic) bond motifs is 1. The summed E-state index contributed by atoms with van der Waals surface area (Å²) >= 11 is 0. The number of hydrogen-bond donors (Lipinski definition) is 3. The number of benzene rings is 3. The Morgan fingerprint density at radius 2 is 1.64 bits per heavy atom. The average Bonchev–Trinajstić information content (AvgIpc) is 2.82. The Morgan fingerprint density at radius 1 is 0.972 bits per heavy atom. The van der Waals surface area contributed by atoms with Crippen molar-refractivity contribution in [3.63, 3.8) is 0 Å². The third-order valence-corrected chi connectivity index (χ3v) is 5.50. The molecule has 8 nitrogen and oxygen atoms in total. The summed E-state index contributed by atoms with van der Waals surface area (Å²) in [5.41, 5.74) is 1.30. The van der Waals surface area contributed by atoms with E-state index in [0.29, 0.717) is 11.3 Å². The number of nitrogens with zero attached hydrogens (tertiary/aromatic N) is 1. The van der Waals surface area contributed by atoms with E-state index in [1.165, 1.54) is 4.90 Å². The van der Waals surface area contributed by atoms with E-state index >= 15 is 0 Å². The summed E-state index contributed by atoms with van der Waals surface area (Å²) in [6, 6.07) is 19.6. The van der Waals surface area contributed by atoms with Gasteiger partial charge in [-0.3, -0.25) is 9.59 Å². The molecule has 0 spiro atoms. The molecule has 190 valence electrons. The number of rotatable bonds is 8. The molecule has 3 rings (SSSR count). The predicted molar refractivity (Wildman–Crippen MR) is 140 cm³/mol. The Labute approximate surface area is 211 Å². The first-order valence-electron chi connectivity index (χ1n) is 11.8. The van der Waals surface area contributed by atoms with Gasteiger partial charge in [-0.05, 0) is 61.7 Å². The fourth-order valence-corrected chi connectivity index (χ4v) is 3.89. The fourth-order valence-electron chi connectivity index (χ4n) is 3.89. The van der Waals surface area contributed by atoms with Crippen LogP contribution in [0.5, 0.6) is 0 Å². The van der Waals surface area contributed by atoms with Crippen molar-refractivity contribution in [2.75, 3.05) is 25.0 Å². The van der Waals surface area contributed by atoms with Crippen LogP contribution in [0.2, 0.25) is 0 Å². The maximum absolute atomic E-state index is 13.6. The third kappa shape index (κ3) is 7.05. The zero-order valence-electron chi connectivity index (χ0n) is 21.1. The van der Waals surface area contributed by atoms with Gasteiger partial charge < -0.3 is 25.4 Å². The van der Waals surface area contributed by atoms with Crippen molar-refractivity contribution in [3.05, 3.63) is 77.9 Å². The topological polar surface area (TPSA) is 108 Å². The molecule has 3 N–H and O–H groups in total. The molecule has 0 heterocycles. The lowest BCUT2D eigenvalue weighted by atomic mass is 9.98. The Balaban J connectivity index is 1.89. The molecule has 8 heteroatoms. The Bertz CT molecular complexity index is 1240. The van der Waals surface area contributed by atoms with Crippen LogP contribution in [0, 0.1) is 6.92 Å². The van der Waals surface area contributed by atoms with Crippen LogP contribution in [-0.2, 0) is 14.3 Å². The minimum Gasteiger partial charge on any atom is -0.444 e. The van der Waals surface area contributed by atoms with E-state index in [2.05, 4.69) is 10.6 Å². The molecule has 0 bridgehead atoms. The second-order valence-electron chi connectivity index (χ2n) is 9.48. The van der Waals surface area contributed by atoms with E-state index in [4.69, 9.17) is 4.74 Å². The van der Waals surface area contributed by atoms with Gasteiger partial charge in [0.25, 0.3) is 5.91 Å². The summed E-state index contributed by atoms with van der Waals surface area (Å²) in [6.45, 7) is 6.17. The number of alkyl carbamates (subject to hydrolysis) is 1. The standard InChI is InChI=1S/C28H33N3O5/c1-19-9-5-8-12-23(19)25(26(34)30-22-14-13-20-10-6-7-11-21(20)17-22)31(15-16-32)24(33)18-29-27(35)36-28(2,3)4/h5-14,17,25,32H,15-16,18H2,1-4H3,(H,29,35)(H,30,34). The van der Waals surface area contributed by atoms with Crippen LogP contribution >= 0.6 is 0 Å². The monoisotopic (exact) mass is 491 g/mol. The average molecular weight is 492 g/mol. The minimum absolute atomic E-state index is 0.0982. The first-order chi connectivity index (χ1) is 17.1. The molecule has 1 atom stereocenters. The second kappa shape index (κ2) is 11.7. The number of aliphatic hydroxyl groups is 1. The molecular formula is C28H33N3O5. The number of aryl methyl sites for hydroxylation is 1. The zero-order valence-corrected chi connectivity index (χ0v) is 21.1. The first kappa shape index (κ1) is 26.7. The Hall–Kier alpha value is -3.91. The molecule has 36 heavy (non-hydrogen) atoms. The second-order valence-corrected chi connectivity index (χ2v) is 9.48. The summed E-state index contributed by atoms with van der Waals surface area (Å²) in [7, 11) is 0. The van der Waals surface area contributed by atoms with Gasteiger partial charge in [-0.1, -0.05) is 54.6 Å². The molecule has 0 radical (unpaired) electrons. The van der Waals surface area contributed by atoms with Crippen molar-refractivity contribution in [2.45, 2.75) is 39.3 Å². The van der Waals surface area contributed by atoms with Gasteiger partial charge in [-0.25, -0.2) is 4.79 Å². The summed E-state index contributed by atoms with van der Waals surface area (Å²) in [5.74, 6) is -0.963. The highest BCUT2D eigenvalue weighted by molar-refractivity contribution is 6.00. The van der Waals surface area contributed by atoms with Crippen molar-refractivity contribution >= 4 is 34.4 Å². The van der Waals surface area contributed by atoms with Gasteiger partial charge in [-0.15, -0.1) is 0 Å². The molecule has 3 amide bonds. The fraction of sp³-hybridized carbons (Fsp3) is 0.321. The number of nitrogens with one attached hydrogen (secondary N) is 2. The van der Waals surface area contributed by atoms with Gasteiger partial charge in [0.15, 0.2) is 0 Å². The van der Waals surface area contributed by atoms with Gasteiger partial charge in [0.1, 0.15) is 18.2 Å². The number of anilines is 1. The van der Waals surface area contributed by atoms with Gasteiger partial charge in [-0.2, -0.15) is 0 Å². The van der Waals surface area contributed by atoms with E-state index < -0.39 is 29.6 Å². The highest BCUT2D eigenvalue weighted by atomic mass is 16.6. The van der Waals surface area contributed by atoms with Crippen LogP contribution in [0.25, 0.3) is 10.8 Å². The Kier molecular flexibility index (Phi) is 8.66. The van der Waals surface area contributed by atoms with Gasteiger partial charge in [0.2, 0.25) is 5.91 Å². The third-order valence-electron chi connectivity index (χ3n) is 5.50. The Morgan fingerprint density at radius 3 is 2.31 bits per heavy atom. The first-order valence-corrected chi connectivity index (χ1v) is 11.8. The van der Waals surface area contributed by atoms with Crippen LogP contribution in [0.1, 0.15) is 37.9 Å². The van der Waals surface area contributed by atoms with Crippen molar-refractivity contribution in [1.82, 2.24) is 10.2 Å². The smallest absolute Gasteiger partial charge is 0.408 e. The van der Waals surface area contributed by atoms with Gasteiger partial charge >= 0.3 is 6.09 Å². The van der Waals surface area contributed by atoms with Crippen LogP contribution in [0.3, 0.4) is 0 Å². The highest BCUT2D eigenvalue weighted by Crippen LogP contribution is 2.27. The molecule has 0 saturated heterocycles. The van der Waals surface area contributed by atoms with Gasteiger partial charge in [0.05, 0.1) is 6.61 Å². The van der Waals surface area contributed by atoms with Crippen molar-refractivity contribution < 1.29 is 24.2 Å². The highest BCUT2D eigenvalue weighted by Gasteiger charge is 2.32. The van der Waals surface area contributed by atoms with Crippen LogP contribution < -0.4 is 10.6 Å². The molecule has 3 aromatic carbocycles. The number of carbonyl (C=O) groups is 3. The number of carbonyl (C=O) groups excluding carboxylic acids is 3. The molecule has 1 unspecified atom stereocenters. The summed E-state index contributed by atoms with van der Waals surface area (Å²) in [6.07, 6.45) is -0.743. The van der Waals surface area contributed by atoms with Crippen molar-refractivity contribution in [1.29, 1.82) is 0 Å². The zero-order chi connectivity index (χ0) is 26.3. The maximum Gasteiger partial charge on any atom is 0.408 e. The predicted octanol–water partition coefficient (Wildman–Crippen LogP) is 4.17. The SMILES string of the molecule is Cc1ccccc1C(C(=O)Nc1ccc2ccccc2c1)N(CCO)C(=O)CNC(=O)OC(C)(C)C. The summed E-state index contributed by atoms with van der Waals surface area (Å²) in [4.78, 5) is 40.2. The van der Waals surface area contributed by atoms with Gasteiger partial charge in [0, 0.05) is 12.2 Å². The number of amides is 3. The number of hydrogen-bond acceptors (Lipinski definition) is 5. The van der Waals surface area contributed by atoms with Crippen LogP contribution in [0.15, 0.2) is 66.7 Å². The van der Waals surface area contributed by atoms with Crippen molar-refractivity contribution in [3.8, 4) is 0 Å². The molecule has 0 aromatic heterocycles.